The molecule has 6 aliphatic rings. The highest BCUT2D eigenvalue weighted by Crippen LogP contribution is 2.73. The van der Waals surface area contributed by atoms with Crippen LogP contribution in [-0.4, -0.2) is 76.1 Å². The Labute approximate surface area is 283 Å². The molecule has 3 bridgehead atoms. The summed E-state index contributed by atoms with van der Waals surface area (Å²) in [5.41, 5.74) is -4.79. The molecular weight excluding hydrogens is 616 g/mol. The van der Waals surface area contributed by atoms with Crippen LogP contribution in [0.2, 0.25) is 0 Å². The van der Waals surface area contributed by atoms with Crippen molar-refractivity contribution in [3.05, 3.63) is 48.1 Å². The number of hydrogen-bond acceptors (Lipinski definition) is 10. The van der Waals surface area contributed by atoms with Crippen molar-refractivity contribution in [1.82, 2.24) is 0 Å². The lowest BCUT2D eigenvalue weighted by Crippen LogP contribution is -2.73. The number of ketones is 1. The van der Waals surface area contributed by atoms with Crippen LogP contribution in [0.4, 0.5) is 0 Å². The number of aliphatic hydroxyl groups is 1. The van der Waals surface area contributed by atoms with Gasteiger partial charge in [0.05, 0.1) is 11.5 Å². The van der Waals surface area contributed by atoms with E-state index < -0.39 is 76.2 Å². The molecule has 5 fully saturated rings. The van der Waals surface area contributed by atoms with E-state index in [2.05, 4.69) is 19.6 Å². The first-order valence-electron chi connectivity index (χ1n) is 17.8. The molecule has 11 atom stereocenters. The van der Waals surface area contributed by atoms with Gasteiger partial charge in [-0.1, -0.05) is 83.3 Å². The molecule has 0 unspecified atom stereocenters. The average Bonchev–Trinajstić information content (AvgIpc) is 3.65. The fourth-order valence-electron chi connectivity index (χ4n) is 9.55. The molecule has 3 saturated heterocycles. The van der Waals surface area contributed by atoms with Gasteiger partial charge in [0.15, 0.2) is 5.60 Å². The summed E-state index contributed by atoms with van der Waals surface area (Å²) in [6.45, 7) is 14.3. The minimum absolute atomic E-state index is 0.307. The molecule has 48 heavy (non-hydrogen) atoms. The summed E-state index contributed by atoms with van der Waals surface area (Å²) in [4.78, 5) is 39.1. The first-order chi connectivity index (χ1) is 22.8. The van der Waals surface area contributed by atoms with Crippen LogP contribution in [0.25, 0.3) is 0 Å². The number of unbranched alkanes of at least 4 members (excludes halogenated alkanes) is 7. The van der Waals surface area contributed by atoms with E-state index in [1.54, 1.807) is 19.1 Å². The molecule has 6 rings (SSSR count). The van der Waals surface area contributed by atoms with Crippen molar-refractivity contribution >= 4 is 17.7 Å². The minimum Gasteiger partial charge on any atom is -0.463 e. The minimum atomic E-state index is -2.09. The Bertz CT molecular complexity index is 1430. The Hall–Kier alpha value is -2.63. The van der Waals surface area contributed by atoms with Gasteiger partial charge in [-0.2, -0.15) is 0 Å². The molecule has 0 aromatic rings. The number of aliphatic hydroxyl groups excluding tert-OH is 1. The summed E-state index contributed by atoms with van der Waals surface area (Å²) < 4.78 is 38.6. The van der Waals surface area contributed by atoms with Crippen molar-refractivity contribution in [2.45, 2.75) is 146 Å². The molecule has 0 amide bonds. The molecule has 10 nitrogen and oxygen atoms in total. The summed E-state index contributed by atoms with van der Waals surface area (Å²) in [5.74, 6) is -5.34. The number of epoxide rings is 1. The highest BCUT2D eigenvalue weighted by atomic mass is 16.9. The Morgan fingerprint density at radius 1 is 1.02 bits per heavy atom. The second-order valence-corrected chi connectivity index (χ2v) is 14.9. The topological polar surface area (TPSA) is 130 Å². The molecule has 0 radical (unpaired) electrons. The summed E-state index contributed by atoms with van der Waals surface area (Å²) in [5, 5.41) is 12.3. The number of allylic oxidation sites excluding steroid dienone is 3. The number of carbonyl (C=O) groups is 3. The summed E-state index contributed by atoms with van der Waals surface area (Å²) in [6.07, 6.45) is 16.5. The van der Waals surface area contributed by atoms with E-state index in [-0.39, 0.29) is 12.5 Å². The van der Waals surface area contributed by atoms with Gasteiger partial charge in [0.25, 0.3) is 0 Å². The molecular formula is C38H52O10. The van der Waals surface area contributed by atoms with Crippen molar-refractivity contribution in [3.8, 4) is 0 Å². The molecule has 3 aliphatic carbocycles. The number of ether oxygens (including phenoxy) is 6. The smallest absolute Gasteiger partial charge is 0.306 e. The molecule has 0 spiro atoms. The molecule has 3 aliphatic heterocycles. The van der Waals surface area contributed by atoms with Crippen LogP contribution in [-0.2, 0) is 42.8 Å². The third-order valence-corrected chi connectivity index (χ3v) is 11.7. The van der Waals surface area contributed by atoms with Crippen LogP contribution in [0.15, 0.2) is 48.1 Å². The van der Waals surface area contributed by atoms with Crippen LogP contribution in [0.5, 0.6) is 0 Å². The van der Waals surface area contributed by atoms with Gasteiger partial charge in [0, 0.05) is 25.8 Å². The number of carbonyl (C=O) groups excluding carboxylic acids is 3. The van der Waals surface area contributed by atoms with Gasteiger partial charge in [0.2, 0.25) is 11.4 Å². The lowest BCUT2D eigenvalue weighted by Gasteiger charge is -2.59. The zero-order valence-electron chi connectivity index (χ0n) is 29.3. The number of fused-ring (bicyclic) bond motifs is 3. The van der Waals surface area contributed by atoms with E-state index in [0.29, 0.717) is 12.0 Å². The fourth-order valence-corrected chi connectivity index (χ4v) is 9.55. The van der Waals surface area contributed by atoms with Crippen LogP contribution < -0.4 is 0 Å². The second-order valence-electron chi connectivity index (χ2n) is 14.9. The number of esters is 2. The Morgan fingerprint density at radius 3 is 2.40 bits per heavy atom. The van der Waals surface area contributed by atoms with Gasteiger partial charge in [0.1, 0.15) is 30.5 Å². The maximum Gasteiger partial charge on any atom is 0.306 e. The summed E-state index contributed by atoms with van der Waals surface area (Å²) in [6, 6.07) is 0. The molecule has 264 valence electrons. The SMILES string of the molecule is C=C(C)[C@]12C[C@@H](C)[C@@]34O[C@](/C=C\C=C\CCCCCCCCC)(O[C@@H]1[C@@H]3[C@@H]1O[C@]1(COC(C)=O)[C@@H](O)[C@]1(OC(C)=O)C(=O)C(C)=C[C@H]14)O2. The Balaban J connectivity index is 1.38. The highest BCUT2D eigenvalue weighted by Gasteiger charge is 2.89. The third kappa shape index (κ3) is 5.12. The molecule has 10 heteroatoms. The fraction of sp³-hybridized carbons (Fsp3) is 0.711. The van der Waals surface area contributed by atoms with Gasteiger partial charge in [-0.3, -0.25) is 14.4 Å². The van der Waals surface area contributed by atoms with Crippen molar-refractivity contribution in [2.24, 2.45) is 17.8 Å². The summed E-state index contributed by atoms with van der Waals surface area (Å²) >= 11 is 0. The van der Waals surface area contributed by atoms with Crippen LogP contribution >= 0.6 is 0 Å². The Morgan fingerprint density at radius 2 is 1.73 bits per heavy atom. The lowest BCUT2D eigenvalue weighted by molar-refractivity contribution is -0.406. The first-order valence-corrected chi connectivity index (χ1v) is 17.8. The molecule has 3 heterocycles. The van der Waals surface area contributed by atoms with Crippen molar-refractivity contribution in [1.29, 1.82) is 0 Å². The molecule has 1 N–H and O–H groups in total. The zero-order valence-corrected chi connectivity index (χ0v) is 29.3. The molecule has 0 aromatic heterocycles. The third-order valence-electron chi connectivity index (χ3n) is 11.7. The van der Waals surface area contributed by atoms with Crippen LogP contribution in [0.3, 0.4) is 0 Å². The number of rotatable bonds is 14. The average molecular weight is 669 g/mol. The number of Topliss-reactive ketones (excluding diaryl/α,β-unsaturated/α-hetero) is 1. The second kappa shape index (κ2) is 12.6. The van der Waals surface area contributed by atoms with Gasteiger partial charge < -0.3 is 33.5 Å². The van der Waals surface area contributed by atoms with Crippen LogP contribution in [0.1, 0.15) is 99.3 Å². The lowest BCUT2D eigenvalue weighted by atomic mass is 9.54. The van der Waals surface area contributed by atoms with E-state index in [1.807, 2.05) is 26.0 Å². The van der Waals surface area contributed by atoms with E-state index in [1.165, 1.54) is 52.4 Å². The molecule has 2 saturated carbocycles. The number of hydrogen-bond donors (Lipinski definition) is 1. The Kier molecular flexibility index (Phi) is 9.24. The van der Waals surface area contributed by atoms with Crippen molar-refractivity contribution < 1.29 is 47.9 Å². The van der Waals surface area contributed by atoms with E-state index in [4.69, 9.17) is 28.4 Å². The maximum atomic E-state index is 14.2. The van der Waals surface area contributed by atoms with Gasteiger partial charge in [-0.05, 0) is 50.2 Å². The van der Waals surface area contributed by atoms with Crippen LogP contribution in [0, 0.1) is 17.8 Å². The largest absolute Gasteiger partial charge is 0.463 e. The van der Waals surface area contributed by atoms with Gasteiger partial charge in [-0.25, -0.2) is 0 Å². The summed E-state index contributed by atoms with van der Waals surface area (Å²) in [7, 11) is 0. The highest BCUT2D eigenvalue weighted by molar-refractivity contribution is 6.06. The normalized spacial score (nSPS) is 43.5. The predicted molar refractivity (Wildman–Crippen MR) is 175 cm³/mol. The van der Waals surface area contributed by atoms with E-state index in [0.717, 1.165) is 18.4 Å². The van der Waals surface area contributed by atoms with Gasteiger partial charge >= 0.3 is 17.9 Å². The molecule has 0 aromatic carbocycles. The maximum absolute atomic E-state index is 14.2. The first kappa shape index (κ1) is 35.2. The monoisotopic (exact) mass is 668 g/mol. The predicted octanol–water partition coefficient (Wildman–Crippen LogP) is 5.57. The zero-order chi connectivity index (χ0) is 34.7. The van der Waals surface area contributed by atoms with E-state index in [9.17, 15) is 19.5 Å². The van der Waals surface area contributed by atoms with E-state index >= 15 is 0 Å². The van der Waals surface area contributed by atoms with Gasteiger partial charge in [-0.15, -0.1) is 0 Å². The standard InChI is InChI=1S/C38H52O10/c1-8-9-10-11-12-13-14-15-16-17-18-19-36-46-31-29-32-35(45-32,22-43-26(6)39)33(42)38(44-27(7)40)28(20-24(4)30(38)41)37(29,48-36)25(5)21-34(31,47-36)23(2)3/h16-20,25,28-29,31-33,42H,2,8-15,21-22H2,1,3-7H3/b17-16+,19-18-/t25-,28+,29-,31-,32+,33-,34-,35+,36-,37+,38-/m1/s1. The van der Waals surface area contributed by atoms with Crippen molar-refractivity contribution in [3.63, 3.8) is 0 Å². The van der Waals surface area contributed by atoms with Crippen molar-refractivity contribution in [2.75, 3.05) is 6.61 Å². The quantitative estimate of drug-likeness (QED) is 0.0824.